The lowest BCUT2D eigenvalue weighted by Crippen LogP contribution is -1.90. The highest BCUT2D eigenvalue weighted by Gasteiger charge is 2.12. The molecule has 0 aliphatic heterocycles. The van der Waals surface area contributed by atoms with Crippen LogP contribution in [0.4, 0.5) is 8.78 Å². The van der Waals surface area contributed by atoms with Crippen molar-refractivity contribution in [1.29, 1.82) is 0 Å². The maximum absolute atomic E-state index is 13.4. The van der Waals surface area contributed by atoms with Gasteiger partial charge in [0, 0.05) is 15.5 Å². The summed E-state index contributed by atoms with van der Waals surface area (Å²) < 4.78 is 26.4. The molecular weight excluding hydrogens is 290 g/mol. The van der Waals surface area contributed by atoms with E-state index in [2.05, 4.69) is 0 Å². The van der Waals surface area contributed by atoms with Gasteiger partial charge in [0.05, 0.1) is 0 Å². The molecule has 0 amide bonds. The molecule has 1 aromatic heterocycles. The molecule has 0 aliphatic rings. The molecule has 2 rings (SSSR count). The Bertz CT molecular complexity index is 623. The average molecular weight is 300 g/mol. The number of carbonyl (C=O) groups is 1. The fourth-order valence-electron chi connectivity index (χ4n) is 1.51. The number of carboxylic acid groups (broad SMARTS) is 1. The fourth-order valence-corrected chi connectivity index (χ4v) is 3.50. The van der Waals surface area contributed by atoms with E-state index in [1.807, 2.05) is 6.92 Å². The van der Waals surface area contributed by atoms with Gasteiger partial charge in [0.2, 0.25) is 0 Å². The number of halogens is 2. The SMILES string of the molecule is Cc1sc(C(=O)O)cc1CSc1cc(F)ccc1F. The lowest BCUT2D eigenvalue weighted by Gasteiger charge is -2.03. The zero-order chi connectivity index (χ0) is 14.0. The molecule has 0 unspecified atom stereocenters. The Morgan fingerprint density at radius 2 is 2.11 bits per heavy atom. The summed E-state index contributed by atoms with van der Waals surface area (Å²) in [5.41, 5.74) is 0.830. The number of aromatic carboxylic acids is 1. The van der Waals surface area contributed by atoms with Crippen LogP contribution >= 0.6 is 23.1 Å². The number of rotatable bonds is 4. The van der Waals surface area contributed by atoms with Crippen molar-refractivity contribution in [1.82, 2.24) is 0 Å². The van der Waals surface area contributed by atoms with Gasteiger partial charge >= 0.3 is 5.97 Å². The molecule has 100 valence electrons. The quantitative estimate of drug-likeness (QED) is 0.854. The molecule has 0 bridgehead atoms. The first-order valence-electron chi connectivity index (χ1n) is 5.38. The van der Waals surface area contributed by atoms with Crippen molar-refractivity contribution in [3.05, 3.63) is 51.2 Å². The summed E-state index contributed by atoms with van der Waals surface area (Å²) in [4.78, 5) is 12.2. The van der Waals surface area contributed by atoms with Crippen LogP contribution in [0, 0.1) is 18.6 Å². The highest BCUT2D eigenvalue weighted by atomic mass is 32.2. The molecule has 0 atom stereocenters. The summed E-state index contributed by atoms with van der Waals surface area (Å²) in [5, 5.41) is 8.88. The zero-order valence-corrected chi connectivity index (χ0v) is 11.6. The number of benzene rings is 1. The van der Waals surface area contributed by atoms with E-state index in [9.17, 15) is 13.6 Å². The molecule has 1 aromatic carbocycles. The van der Waals surface area contributed by atoms with Crippen LogP contribution in [0.1, 0.15) is 20.1 Å². The van der Waals surface area contributed by atoms with E-state index in [0.29, 0.717) is 5.75 Å². The van der Waals surface area contributed by atoms with Crippen molar-refractivity contribution in [2.75, 3.05) is 0 Å². The maximum Gasteiger partial charge on any atom is 0.345 e. The second-order valence-electron chi connectivity index (χ2n) is 3.86. The van der Waals surface area contributed by atoms with Gasteiger partial charge < -0.3 is 5.11 Å². The zero-order valence-electron chi connectivity index (χ0n) is 9.94. The van der Waals surface area contributed by atoms with Gasteiger partial charge in [-0.1, -0.05) is 0 Å². The first kappa shape index (κ1) is 14.0. The molecule has 1 heterocycles. The second kappa shape index (κ2) is 5.71. The summed E-state index contributed by atoms with van der Waals surface area (Å²) in [6, 6.07) is 4.87. The lowest BCUT2D eigenvalue weighted by atomic mass is 10.3. The second-order valence-corrected chi connectivity index (χ2v) is 6.13. The van der Waals surface area contributed by atoms with Gasteiger partial charge in [-0.3, -0.25) is 0 Å². The molecule has 0 fully saturated rings. The smallest absolute Gasteiger partial charge is 0.345 e. The van der Waals surface area contributed by atoms with Crippen molar-refractivity contribution in [3.63, 3.8) is 0 Å². The number of thioether (sulfide) groups is 1. The first-order valence-corrected chi connectivity index (χ1v) is 7.18. The van der Waals surface area contributed by atoms with E-state index in [0.717, 1.165) is 40.4 Å². The molecule has 0 aliphatic carbocycles. The van der Waals surface area contributed by atoms with E-state index in [1.54, 1.807) is 6.07 Å². The van der Waals surface area contributed by atoms with Gasteiger partial charge in [0.1, 0.15) is 16.5 Å². The van der Waals surface area contributed by atoms with Crippen LogP contribution in [0.2, 0.25) is 0 Å². The van der Waals surface area contributed by atoms with Crippen molar-refractivity contribution in [2.24, 2.45) is 0 Å². The molecule has 2 nitrogen and oxygen atoms in total. The average Bonchev–Trinajstić information content (AvgIpc) is 2.72. The van der Waals surface area contributed by atoms with Gasteiger partial charge in [0.25, 0.3) is 0 Å². The van der Waals surface area contributed by atoms with Crippen LogP contribution < -0.4 is 0 Å². The highest BCUT2D eigenvalue weighted by Crippen LogP contribution is 2.30. The summed E-state index contributed by atoms with van der Waals surface area (Å²) in [5.74, 6) is -1.52. The summed E-state index contributed by atoms with van der Waals surface area (Å²) in [7, 11) is 0. The third kappa shape index (κ3) is 3.33. The Hall–Kier alpha value is -1.40. The minimum absolute atomic E-state index is 0.225. The molecule has 0 radical (unpaired) electrons. The van der Waals surface area contributed by atoms with Gasteiger partial charge in [-0.25, -0.2) is 13.6 Å². The molecular formula is C13H10F2O2S2. The summed E-state index contributed by atoms with van der Waals surface area (Å²) >= 11 is 2.34. The minimum atomic E-state index is -0.971. The predicted octanol–water partition coefficient (Wildman–Crippen LogP) is 4.33. The topological polar surface area (TPSA) is 37.3 Å². The van der Waals surface area contributed by atoms with E-state index < -0.39 is 17.6 Å². The number of aryl methyl sites for hydroxylation is 1. The van der Waals surface area contributed by atoms with Gasteiger partial charge in [-0.2, -0.15) is 0 Å². The largest absolute Gasteiger partial charge is 0.477 e. The van der Waals surface area contributed by atoms with Crippen molar-refractivity contribution >= 4 is 29.1 Å². The van der Waals surface area contributed by atoms with Crippen molar-refractivity contribution < 1.29 is 18.7 Å². The van der Waals surface area contributed by atoms with Crippen LogP contribution in [-0.2, 0) is 5.75 Å². The van der Waals surface area contributed by atoms with Crippen LogP contribution in [0.25, 0.3) is 0 Å². The molecule has 19 heavy (non-hydrogen) atoms. The molecule has 6 heteroatoms. The van der Waals surface area contributed by atoms with Gasteiger partial charge in [-0.15, -0.1) is 23.1 Å². The van der Waals surface area contributed by atoms with Crippen LogP contribution in [0.3, 0.4) is 0 Å². The lowest BCUT2D eigenvalue weighted by molar-refractivity contribution is 0.0702. The van der Waals surface area contributed by atoms with Crippen LogP contribution in [-0.4, -0.2) is 11.1 Å². The van der Waals surface area contributed by atoms with E-state index >= 15 is 0 Å². The van der Waals surface area contributed by atoms with Crippen molar-refractivity contribution in [3.8, 4) is 0 Å². The van der Waals surface area contributed by atoms with E-state index in [4.69, 9.17) is 5.11 Å². The number of hydrogen-bond donors (Lipinski definition) is 1. The summed E-state index contributed by atoms with van der Waals surface area (Å²) in [6.45, 7) is 1.81. The Morgan fingerprint density at radius 1 is 1.37 bits per heavy atom. The third-order valence-electron chi connectivity index (χ3n) is 2.51. The third-order valence-corrected chi connectivity index (χ3v) is 4.67. The monoisotopic (exact) mass is 300 g/mol. The Morgan fingerprint density at radius 3 is 2.74 bits per heavy atom. The van der Waals surface area contributed by atoms with Gasteiger partial charge in [-0.05, 0) is 36.8 Å². The maximum atomic E-state index is 13.4. The standard InChI is InChI=1S/C13H10F2O2S2/c1-7-8(4-12(19-7)13(16)17)6-18-11-5-9(14)2-3-10(11)15/h2-5H,6H2,1H3,(H,16,17). The van der Waals surface area contributed by atoms with Crippen LogP contribution in [0.5, 0.6) is 0 Å². The number of thiophene rings is 1. The highest BCUT2D eigenvalue weighted by molar-refractivity contribution is 7.98. The Balaban J connectivity index is 2.14. The molecule has 0 spiro atoms. The number of hydrogen-bond acceptors (Lipinski definition) is 3. The molecule has 2 aromatic rings. The van der Waals surface area contributed by atoms with Gasteiger partial charge in [0.15, 0.2) is 0 Å². The predicted molar refractivity (Wildman–Crippen MR) is 71.9 cm³/mol. The normalized spacial score (nSPS) is 10.7. The first-order chi connectivity index (χ1) is 8.97. The molecule has 0 saturated heterocycles. The molecule has 0 saturated carbocycles. The Kier molecular flexibility index (Phi) is 4.21. The summed E-state index contributed by atoms with van der Waals surface area (Å²) in [6.07, 6.45) is 0. The van der Waals surface area contributed by atoms with E-state index in [-0.39, 0.29) is 9.77 Å². The van der Waals surface area contributed by atoms with E-state index in [1.165, 1.54) is 11.3 Å². The Labute approximate surface area is 117 Å². The fraction of sp³-hybridized carbons (Fsp3) is 0.154. The molecule has 1 N–H and O–H groups in total. The van der Waals surface area contributed by atoms with Crippen molar-refractivity contribution in [2.45, 2.75) is 17.6 Å². The number of carboxylic acids is 1. The minimum Gasteiger partial charge on any atom is -0.477 e. The van der Waals surface area contributed by atoms with Crippen LogP contribution in [0.15, 0.2) is 29.2 Å².